The van der Waals surface area contributed by atoms with Crippen molar-refractivity contribution in [1.29, 1.82) is 0 Å². The summed E-state index contributed by atoms with van der Waals surface area (Å²) in [5.74, 6) is 0.818. The molecule has 0 aliphatic carbocycles. The number of thioether (sulfide) groups is 1. The Bertz CT molecular complexity index is 1130. The highest BCUT2D eigenvalue weighted by atomic mass is 32.2. The van der Waals surface area contributed by atoms with Gasteiger partial charge in [-0.2, -0.15) is 4.68 Å². The zero-order valence-electron chi connectivity index (χ0n) is 16.4. The average Bonchev–Trinajstić information content (AvgIpc) is 3.33. The first kappa shape index (κ1) is 19.2. The Morgan fingerprint density at radius 3 is 2.83 bits per heavy atom. The van der Waals surface area contributed by atoms with Crippen LogP contribution in [0.3, 0.4) is 0 Å². The van der Waals surface area contributed by atoms with E-state index in [1.165, 1.54) is 17.3 Å². The van der Waals surface area contributed by atoms with Crippen LogP contribution in [0.5, 0.6) is 0 Å². The quantitative estimate of drug-likeness (QED) is 0.486. The lowest BCUT2D eigenvalue weighted by Crippen LogP contribution is -2.28. The van der Waals surface area contributed by atoms with E-state index >= 15 is 0 Å². The number of tetrazole rings is 1. The van der Waals surface area contributed by atoms with Crippen molar-refractivity contribution in [2.75, 3.05) is 5.75 Å². The average molecular weight is 407 g/mol. The molecule has 4 rings (SSSR count). The number of nitrogens with zero attached hydrogens (tertiary/aromatic N) is 4. The lowest BCUT2D eigenvalue weighted by Gasteiger charge is -2.11. The number of hydrogen-bond acceptors (Lipinski definition) is 6. The number of carbonyl (C=O) groups is 1. The number of rotatable bonds is 6. The van der Waals surface area contributed by atoms with E-state index in [4.69, 9.17) is 4.42 Å². The van der Waals surface area contributed by atoms with Crippen LogP contribution in [0, 0.1) is 13.8 Å². The number of carbonyl (C=O) groups excluding carboxylic acids is 1. The van der Waals surface area contributed by atoms with Crippen LogP contribution in [-0.4, -0.2) is 31.9 Å². The van der Waals surface area contributed by atoms with E-state index in [9.17, 15) is 4.79 Å². The van der Waals surface area contributed by atoms with Gasteiger partial charge in [0.2, 0.25) is 11.1 Å². The van der Waals surface area contributed by atoms with Crippen LogP contribution in [0.25, 0.3) is 16.7 Å². The van der Waals surface area contributed by atoms with Crippen molar-refractivity contribution in [2.24, 2.45) is 0 Å². The summed E-state index contributed by atoms with van der Waals surface area (Å²) in [6.07, 6.45) is 0. The van der Waals surface area contributed by atoms with E-state index in [0.29, 0.717) is 5.16 Å². The summed E-state index contributed by atoms with van der Waals surface area (Å²) in [6.45, 7) is 5.96. The molecule has 0 aliphatic rings. The molecule has 2 aromatic carbocycles. The molecule has 2 aromatic heterocycles. The van der Waals surface area contributed by atoms with Gasteiger partial charge in [-0.05, 0) is 55.0 Å². The summed E-state index contributed by atoms with van der Waals surface area (Å²) >= 11 is 1.30. The maximum atomic E-state index is 12.4. The van der Waals surface area contributed by atoms with Gasteiger partial charge in [0.25, 0.3) is 0 Å². The highest BCUT2D eigenvalue weighted by Crippen LogP contribution is 2.24. The molecule has 148 valence electrons. The number of furan rings is 1. The van der Waals surface area contributed by atoms with E-state index in [0.717, 1.165) is 28.0 Å². The van der Waals surface area contributed by atoms with Crippen LogP contribution in [0.4, 0.5) is 0 Å². The Morgan fingerprint density at radius 1 is 1.21 bits per heavy atom. The minimum atomic E-state index is -0.231. The van der Waals surface area contributed by atoms with Crippen molar-refractivity contribution in [2.45, 2.75) is 32.0 Å². The van der Waals surface area contributed by atoms with Gasteiger partial charge in [0.05, 0.1) is 17.5 Å². The molecule has 0 fully saturated rings. The molecule has 8 heteroatoms. The zero-order chi connectivity index (χ0) is 20.4. The Labute approximate surface area is 172 Å². The Kier molecular flexibility index (Phi) is 5.35. The van der Waals surface area contributed by atoms with E-state index in [1.807, 2.05) is 63.2 Å². The molecule has 0 saturated carbocycles. The fourth-order valence-electron chi connectivity index (χ4n) is 3.16. The molecule has 0 bridgehead atoms. The third kappa shape index (κ3) is 4.17. The van der Waals surface area contributed by atoms with Crippen molar-refractivity contribution < 1.29 is 9.21 Å². The van der Waals surface area contributed by atoms with Crippen LogP contribution in [-0.2, 0) is 4.79 Å². The van der Waals surface area contributed by atoms with Gasteiger partial charge in [-0.15, -0.1) is 5.10 Å². The fourth-order valence-corrected chi connectivity index (χ4v) is 3.86. The van der Waals surface area contributed by atoms with Crippen molar-refractivity contribution in [3.63, 3.8) is 0 Å². The Morgan fingerprint density at radius 2 is 2.03 bits per heavy atom. The molecule has 0 saturated heterocycles. The molecule has 0 unspecified atom stereocenters. The monoisotopic (exact) mass is 407 g/mol. The molecular weight excluding hydrogens is 386 g/mol. The first-order chi connectivity index (χ1) is 14.0. The molecule has 1 N–H and O–H groups in total. The number of aromatic nitrogens is 4. The second-order valence-corrected chi connectivity index (χ2v) is 7.87. The lowest BCUT2D eigenvalue weighted by molar-refractivity contribution is -0.119. The van der Waals surface area contributed by atoms with Crippen LogP contribution in [0.1, 0.15) is 29.9 Å². The summed E-state index contributed by atoms with van der Waals surface area (Å²) in [7, 11) is 0. The Hall–Kier alpha value is -3.13. The van der Waals surface area contributed by atoms with Gasteiger partial charge in [-0.25, -0.2) is 0 Å². The largest absolute Gasteiger partial charge is 0.459 e. The third-order valence-electron chi connectivity index (χ3n) is 4.60. The molecule has 1 amide bonds. The van der Waals surface area contributed by atoms with Crippen LogP contribution in [0.15, 0.2) is 58.1 Å². The van der Waals surface area contributed by atoms with E-state index in [1.54, 1.807) is 4.68 Å². The van der Waals surface area contributed by atoms with Crippen molar-refractivity contribution in [1.82, 2.24) is 25.5 Å². The molecule has 7 nitrogen and oxygen atoms in total. The number of hydrogen-bond donors (Lipinski definition) is 1. The summed E-state index contributed by atoms with van der Waals surface area (Å²) in [5.41, 5.74) is 3.96. The van der Waals surface area contributed by atoms with E-state index in [2.05, 4.69) is 26.9 Å². The number of benzene rings is 2. The van der Waals surface area contributed by atoms with Crippen LogP contribution >= 0.6 is 11.8 Å². The molecule has 4 aromatic rings. The van der Waals surface area contributed by atoms with Gasteiger partial charge in [-0.3, -0.25) is 4.79 Å². The van der Waals surface area contributed by atoms with Gasteiger partial charge < -0.3 is 9.73 Å². The standard InChI is InChI=1S/C21H21N5O2S/c1-13-8-9-17(14(2)10-13)26-21(23-24-25-26)29-12-20(27)22-15(3)19-11-16-6-4-5-7-18(16)28-19/h4-11,15H,12H2,1-3H3,(H,22,27)/t15-/m0/s1. The van der Waals surface area contributed by atoms with Gasteiger partial charge in [-0.1, -0.05) is 47.7 Å². The predicted octanol–water partition coefficient (Wildman–Crippen LogP) is 3.99. The highest BCUT2D eigenvalue weighted by molar-refractivity contribution is 7.99. The topological polar surface area (TPSA) is 85.8 Å². The minimum Gasteiger partial charge on any atom is -0.459 e. The Balaban J connectivity index is 1.41. The SMILES string of the molecule is Cc1ccc(-n2nnnc2SCC(=O)N[C@@H](C)c2cc3ccccc3o2)c(C)c1. The second-order valence-electron chi connectivity index (χ2n) is 6.93. The van der Waals surface area contributed by atoms with Gasteiger partial charge in [0.15, 0.2) is 0 Å². The van der Waals surface area contributed by atoms with E-state index < -0.39 is 0 Å². The molecule has 29 heavy (non-hydrogen) atoms. The molecule has 2 heterocycles. The number of fused-ring (bicyclic) bond motifs is 1. The summed E-state index contributed by atoms with van der Waals surface area (Å²) in [6, 6.07) is 15.6. The van der Waals surface area contributed by atoms with Gasteiger partial charge >= 0.3 is 0 Å². The molecule has 0 aliphatic heterocycles. The third-order valence-corrected chi connectivity index (χ3v) is 5.52. The summed E-state index contributed by atoms with van der Waals surface area (Å²) in [5, 5.41) is 16.5. The minimum absolute atomic E-state index is 0.113. The normalized spacial score (nSPS) is 12.2. The van der Waals surface area contributed by atoms with E-state index in [-0.39, 0.29) is 17.7 Å². The molecular formula is C21H21N5O2S. The van der Waals surface area contributed by atoms with Crippen LogP contribution in [0.2, 0.25) is 0 Å². The molecule has 0 spiro atoms. The molecule has 1 atom stereocenters. The van der Waals surface area contributed by atoms with Gasteiger partial charge in [0.1, 0.15) is 11.3 Å². The highest BCUT2D eigenvalue weighted by Gasteiger charge is 2.17. The number of para-hydroxylation sites is 1. The zero-order valence-corrected chi connectivity index (χ0v) is 17.2. The summed E-state index contributed by atoms with van der Waals surface area (Å²) < 4.78 is 7.48. The first-order valence-electron chi connectivity index (χ1n) is 9.28. The molecule has 0 radical (unpaired) electrons. The maximum absolute atomic E-state index is 12.4. The lowest BCUT2D eigenvalue weighted by atomic mass is 10.1. The first-order valence-corrected chi connectivity index (χ1v) is 10.3. The fraction of sp³-hybridized carbons (Fsp3) is 0.238. The van der Waals surface area contributed by atoms with Crippen molar-refractivity contribution >= 4 is 28.6 Å². The smallest absolute Gasteiger partial charge is 0.231 e. The van der Waals surface area contributed by atoms with Crippen molar-refractivity contribution in [3.8, 4) is 5.69 Å². The number of aryl methyl sites for hydroxylation is 2. The maximum Gasteiger partial charge on any atom is 0.231 e. The summed E-state index contributed by atoms with van der Waals surface area (Å²) in [4.78, 5) is 12.4. The predicted molar refractivity (Wildman–Crippen MR) is 112 cm³/mol. The van der Waals surface area contributed by atoms with Gasteiger partial charge in [0, 0.05) is 5.39 Å². The second kappa shape index (κ2) is 8.08. The number of nitrogens with one attached hydrogen (secondary N) is 1. The number of amides is 1. The van der Waals surface area contributed by atoms with Crippen molar-refractivity contribution in [3.05, 3.63) is 65.4 Å². The van der Waals surface area contributed by atoms with Crippen LogP contribution < -0.4 is 5.32 Å².